The lowest BCUT2D eigenvalue weighted by atomic mass is 9.69. The van der Waals surface area contributed by atoms with Crippen molar-refractivity contribution < 1.29 is 4.65 Å². The van der Waals surface area contributed by atoms with Gasteiger partial charge in [-0.2, -0.15) is 0 Å². The summed E-state index contributed by atoms with van der Waals surface area (Å²) in [5.74, 6) is 3.07. The zero-order chi connectivity index (χ0) is 27.9. The summed E-state index contributed by atoms with van der Waals surface area (Å²) < 4.78 is 7.17. The molecule has 1 saturated heterocycles. The van der Waals surface area contributed by atoms with Crippen LogP contribution in [0.3, 0.4) is 0 Å². The van der Waals surface area contributed by atoms with Crippen LogP contribution in [0.2, 0.25) is 6.32 Å². The molecule has 0 N–H and O–H groups in total. The van der Waals surface area contributed by atoms with Crippen molar-refractivity contribution in [3.05, 3.63) is 77.5 Å². The maximum atomic E-state index is 7.17. The van der Waals surface area contributed by atoms with E-state index in [1.807, 2.05) is 0 Å². The second-order valence-corrected chi connectivity index (χ2v) is 13.1. The van der Waals surface area contributed by atoms with Gasteiger partial charge < -0.3 is 4.65 Å². The fourth-order valence-corrected chi connectivity index (χ4v) is 7.51. The Morgan fingerprint density at radius 3 is 1.85 bits per heavy atom. The van der Waals surface area contributed by atoms with Crippen molar-refractivity contribution in [2.24, 2.45) is 22.7 Å². The number of hydrogen-bond donors (Lipinski definition) is 0. The van der Waals surface area contributed by atoms with Crippen LogP contribution in [-0.4, -0.2) is 36.2 Å². The van der Waals surface area contributed by atoms with Gasteiger partial charge in [-0.1, -0.05) is 120 Å². The molecular formula is C36H51BN2O. The molecule has 0 amide bonds. The highest BCUT2D eigenvalue weighted by Gasteiger charge is 2.48. The fourth-order valence-electron chi connectivity index (χ4n) is 7.51. The van der Waals surface area contributed by atoms with Crippen molar-refractivity contribution in [1.82, 2.24) is 4.81 Å². The number of hydrogen-bond acceptors (Lipinski definition) is 3. The molecule has 1 aliphatic heterocycles. The normalized spacial score (nSPS) is 23.1. The van der Waals surface area contributed by atoms with Crippen molar-refractivity contribution in [3.8, 4) is 0 Å². The van der Waals surface area contributed by atoms with Gasteiger partial charge in [0, 0.05) is 23.9 Å². The highest BCUT2D eigenvalue weighted by atomic mass is 16.5. The molecule has 1 unspecified atom stereocenters. The van der Waals surface area contributed by atoms with E-state index in [2.05, 4.69) is 99.4 Å². The topological polar surface area (TPSA) is 24.8 Å². The molecule has 0 spiro atoms. The van der Waals surface area contributed by atoms with E-state index in [1.165, 1.54) is 80.9 Å². The quantitative estimate of drug-likeness (QED) is 0.235. The number of benzene rings is 2. The molecular weight excluding hydrogens is 487 g/mol. The van der Waals surface area contributed by atoms with Crippen LogP contribution in [-0.2, 0) is 4.65 Å². The summed E-state index contributed by atoms with van der Waals surface area (Å²) in [4.78, 5) is 8.09. The van der Waals surface area contributed by atoms with Gasteiger partial charge in [0.15, 0.2) is 0 Å². The molecule has 2 saturated carbocycles. The van der Waals surface area contributed by atoms with Crippen molar-refractivity contribution in [2.75, 3.05) is 0 Å². The minimum atomic E-state index is 0.0436. The Morgan fingerprint density at radius 1 is 0.800 bits per heavy atom. The summed E-state index contributed by atoms with van der Waals surface area (Å²) in [6.45, 7) is 9.49. The van der Waals surface area contributed by atoms with Crippen molar-refractivity contribution in [2.45, 2.75) is 116 Å². The van der Waals surface area contributed by atoms with E-state index in [-0.39, 0.29) is 13.1 Å². The van der Waals surface area contributed by atoms with Crippen LogP contribution < -0.4 is 0 Å². The Labute approximate surface area is 244 Å². The third-order valence-corrected chi connectivity index (χ3v) is 9.83. The van der Waals surface area contributed by atoms with Crippen LogP contribution >= 0.6 is 0 Å². The number of nitrogens with zero attached hydrogens (tertiary/aromatic N) is 2. The molecule has 4 heteroatoms. The Hall–Kier alpha value is -2.33. The minimum absolute atomic E-state index is 0.0436. The Bertz CT molecular complexity index is 1060. The van der Waals surface area contributed by atoms with Crippen molar-refractivity contribution in [1.29, 1.82) is 0 Å². The summed E-state index contributed by atoms with van der Waals surface area (Å²) in [7, 11) is 0.0655. The molecule has 3 nitrogen and oxygen atoms in total. The first kappa shape index (κ1) is 29.2. The standard InChI is InChI=1S/C36H51BN2O/c1-27(2)25-37-39(29(4)31-19-11-6-12-20-31)34(26-38-28(3)30-17-9-5-10-18-30)36(40-37)35(32-21-13-7-14-22-32)33-23-15-8-16-24-33/h7-8,13-16,21-24,26-31,34H,5-6,9-12,17-20,25H2,1-4H3/t28-,29-,34?/m0/s1. The van der Waals surface area contributed by atoms with E-state index >= 15 is 0 Å². The third kappa shape index (κ3) is 6.93. The highest BCUT2D eigenvalue weighted by molar-refractivity contribution is 6.51. The van der Waals surface area contributed by atoms with E-state index < -0.39 is 0 Å². The smallest absolute Gasteiger partial charge is 0.450 e. The molecule has 3 fully saturated rings. The van der Waals surface area contributed by atoms with E-state index in [4.69, 9.17) is 9.65 Å². The molecule has 40 heavy (non-hydrogen) atoms. The van der Waals surface area contributed by atoms with Gasteiger partial charge in [-0.3, -0.25) is 9.80 Å². The lowest BCUT2D eigenvalue weighted by molar-refractivity contribution is 0.203. The van der Waals surface area contributed by atoms with Gasteiger partial charge in [-0.05, 0) is 67.8 Å². The molecule has 2 aliphatic carbocycles. The number of aliphatic imine (C=N–C) groups is 1. The zero-order valence-electron chi connectivity index (χ0n) is 25.5. The van der Waals surface area contributed by atoms with E-state index in [9.17, 15) is 0 Å². The summed E-state index contributed by atoms with van der Waals surface area (Å²) >= 11 is 0. The lowest BCUT2D eigenvalue weighted by Crippen LogP contribution is -2.50. The number of rotatable bonds is 9. The molecule has 3 atom stereocenters. The van der Waals surface area contributed by atoms with Crippen molar-refractivity contribution in [3.63, 3.8) is 0 Å². The Balaban J connectivity index is 1.62. The molecule has 1 heterocycles. The SMILES string of the molecule is CC(C)CB1OC(=C(c2ccccc2)c2ccccc2)C(C=N[C@@H](C)C2CCCCC2)N1[C@@H](C)C1CCCCC1. The van der Waals surface area contributed by atoms with E-state index in [1.54, 1.807) is 0 Å². The Kier molecular flexibility index (Phi) is 10.2. The predicted molar refractivity (Wildman–Crippen MR) is 172 cm³/mol. The van der Waals surface area contributed by atoms with Crippen LogP contribution in [0.15, 0.2) is 71.4 Å². The first-order chi connectivity index (χ1) is 19.5. The molecule has 2 aromatic rings. The first-order valence-corrected chi connectivity index (χ1v) is 16.3. The van der Waals surface area contributed by atoms with Gasteiger partial charge >= 0.3 is 7.05 Å². The summed E-state index contributed by atoms with van der Waals surface area (Å²) in [5, 5.41) is 0. The molecule has 0 aromatic heterocycles. The molecule has 214 valence electrons. The van der Waals surface area contributed by atoms with Gasteiger partial charge in [0.05, 0.1) is 6.04 Å². The monoisotopic (exact) mass is 538 g/mol. The van der Waals surface area contributed by atoms with Gasteiger partial charge in [-0.15, -0.1) is 0 Å². The minimum Gasteiger partial charge on any atom is -0.547 e. The van der Waals surface area contributed by atoms with E-state index in [0.717, 1.165) is 18.0 Å². The molecule has 5 rings (SSSR count). The van der Waals surface area contributed by atoms with E-state index in [0.29, 0.717) is 23.9 Å². The van der Waals surface area contributed by atoms with Crippen molar-refractivity contribution >= 4 is 18.8 Å². The summed E-state index contributed by atoms with van der Waals surface area (Å²) in [6.07, 6.45) is 16.8. The Morgan fingerprint density at radius 2 is 1.32 bits per heavy atom. The summed E-state index contributed by atoms with van der Waals surface area (Å²) in [5.41, 5.74) is 3.66. The lowest BCUT2D eigenvalue weighted by Gasteiger charge is -2.37. The maximum absolute atomic E-state index is 7.17. The maximum Gasteiger partial charge on any atom is 0.450 e. The largest absolute Gasteiger partial charge is 0.547 e. The first-order valence-electron chi connectivity index (χ1n) is 16.3. The van der Waals surface area contributed by atoms with Gasteiger partial charge in [0.1, 0.15) is 5.76 Å². The molecule has 2 aromatic carbocycles. The van der Waals surface area contributed by atoms with Crippen LogP contribution in [0.1, 0.15) is 103 Å². The molecule has 3 aliphatic rings. The van der Waals surface area contributed by atoms with Gasteiger partial charge in [0.2, 0.25) is 0 Å². The molecule has 0 radical (unpaired) electrons. The average Bonchev–Trinajstić information content (AvgIpc) is 3.34. The van der Waals surface area contributed by atoms with Crippen LogP contribution in [0, 0.1) is 17.8 Å². The average molecular weight is 539 g/mol. The molecule has 0 bridgehead atoms. The van der Waals surface area contributed by atoms with Crippen LogP contribution in [0.4, 0.5) is 0 Å². The fraction of sp³-hybridized carbons (Fsp3) is 0.583. The van der Waals surface area contributed by atoms with Crippen LogP contribution in [0.5, 0.6) is 0 Å². The second kappa shape index (κ2) is 14.0. The summed E-state index contributed by atoms with van der Waals surface area (Å²) in [6, 6.07) is 22.6. The van der Waals surface area contributed by atoms with Crippen LogP contribution in [0.25, 0.3) is 5.57 Å². The second-order valence-electron chi connectivity index (χ2n) is 13.1. The van der Waals surface area contributed by atoms with Gasteiger partial charge in [0.25, 0.3) is 0 Å². The highest BCUT2D eigenvalue weighted by Crippen LogP contribution is 2.41. The predicted octanol–water partition coefficient (Wildman–Crippen LogP) is 9.30. The third-order valence-electron chi connectivity index (χ3n) is 9.83. The van der Waals surface area contributed by atoms with Gasteiger partial charge in [-0.25, -0.2) is 0 Å². The zero-order valence-corrected chi connectivity index (χ0v) is 25.5.